The number of methoxy groups -OCH3 is 1. The molecule has 2 aromatic carbocycles. The number of urea groups is 1. The van der Waals surface area contributed by atoms with E-state index in [0.29, 0.717) is 27.2 Å². The van der Waals surface area contributed by atoms with Crippen LogP contribution in [0.5, 0.6) is 5.75 Å². The summed E-state index contributed by atoms with van der Waals surface area (Å²) in [4.78, 5) is 23.6. The molecule has 0 fully saturated rings. The Labute approximate surface area is 149 Å². The number of hydrogen-bond donors (Lipinski definition) is 3. The van der Waals surface area contributed by atoms with Crippen molar-refractivity contribution in [2.75, 3.05) is 24.3 Å². The second-order valence-electron chi connectivity index (χ2n) is 4.71. The Kier molecular flexibility index (Phi) is 6.28. The van der Waals surface area contributed by atoms with Gasteiger partial charge in [-0.3, -0.25) is 4.79 Å². The number of amides is 3. The number of ether oxygens (including phenoxy) is 1. The topological polar surface area (TPSA) is 79.5 Å². The first-order valence-electron chi connectivity index (χ1n) is 6.92. The number of hydrogen-bond acceptors (Lipinski definition) is 3. The molecule has 2 aromatic rings. The van der Waals surface area contributed by atoms with Crippen LogP contribution in [0.15, 0.2) is 42.5 Å². The maximum Gasteiger partial charge on any atom is 0.319 e. The highest BCUT2D eigenvalue weighted by Crippen LogP contribution is 2.25. The maximum absolute atomic E-state index is 11.8. The van der Waals surface area contributed by atoms with Crippen LogP contribution in [0.3, 0.4) is 0 Å². The van der Waals surface area contributed by atoms with Crippen LogP contribution in [0.25, 0.3) is 0 Å². The Balaban J connectivity index is 1.81. The van der Waals surface area contributed by atoms with E-state index in [9.17, 15) is 9.59 Å². The van der Waals surface area contributed by atoms with Gasteiger partial charge in [0.25, 0.3) is 0 Å². The second kappa shape index (κ2) is 8.42. The van der Waals surface area contributed by atoms with Crippen molar-refractivity contribution in [3.05, 3.63) is 52.5 Å². The van der Waals surface area contributed by atoms with Gasteiger partial charge in [-0.25, -0.2) is 4.79 Å². The van der Waals surface area contributed by atoms with Crippen molar-refractivity contribution in [3.63, 3.8) is 0 Å². The maximum atomic E-state index is 11.8. The molecule has 0 atom stereocenters. The summed E-state index contributed by atoms with van der Waals surface area (Å²) < 4.78 is 5.03. The number of halogens is 2. The fourth-order valence-corrected chi connectivity index (χ4v) is 2.25. The van der Waals surface area contributed by atoms with E-state index in [4.69, 9.17) is 27.9 Å². The Bertz CT molecular complexity index is 736. The molecule has 126 valence electrons. The van der Waals surface area contributed by atoms with E-state index in [2.05, 4.69) is 16.0 Å². The summed E-state index contributed by atoms with van der Waals surface area (Å²) in [6.45, 7) is -0.191. The second-order valence-corrected chi connectivity index (χ2v) is 5.55. The number of anilines is 2. The zero-order valence-electron chi connectivity index (χ0n) is 12.7. The molecule has 0 saturated heterocycles. The van der Waals surface area contributed by atoms with Crippen LogP contribution in [-0.2, 0) is 4.79 Å². The summed E-state index contributed by atoms with van der Waals surface area (Å²) in [5.41, 5.74) is 0.998. The molecular weight excluding hydrogens is 353 g/mol. The zero-order chi connectivity index (χ0) is 17.5. The Hall–Kier alpha value is -2.44. The van der Waals surface area contributed by atoms with Crippen LogP contribution in [0.4, 0.5) is 16.2 Å². The van der Waals surface area contributed by atoms with E-state index in [1.54, 1.807) is 43.5 Å². The molecule has 0 aliphatic heterocycles. The van der Waals surface area contributed by atoms with Crippen molar-refractivity contribution < 1.29 is 14.3 Å². The van der Waals surface area contributed by atoms with Crippen molar-refractivity contribution in [2.45, 2.75) is 0 Å². The first-order valence-corrected chi connectivity index (χ1v) is 7.67. The molecule has 6 nitrogen and oxygen atoms in total. The fourth-order valence-electron chi connectivity index (χ4n) is 1.80. The Morgan fingerprint density at radius 3 is 2.38 bits per heavy atom. The summed E-state index contributed by atoms with van der Waals surface area (Å²) in [5.74, 6) is 0.322. The third kappa shape index (κ3) is 5.33. The van der Waals surface area contributed by atoms with Gasteiger partial charge in [-0.05, 0) is 42.5 Å². The highest BCUT2D eigenvalue weighted by molar-refractivity contribution is 6.36. The van der Waals surface area contributed by atoms with E-state index in [1.165, 1.54) is 6.07 Å². The lowest BCUT2D eigenvalue weighted by molar-refractivity contribution is -0.115. The van der Waals surface area contributed by atoms with Crippen molar-refractivity contribution in [3.8, 4) is 5.75 Å². The van der Waals surface area contributed by atoms with Crippen molar-refractivity contribution >= 4 is 46.5 Å². The molecule has 0 heterocycles. The van der Waals surface area contributed by atoms with Gasteiger partial charge in [0.1, 0.15) is 5.75 Å². The van der Waals surface area contributed by atoms with Gasteiger partial charge in [-0.15, -0.1) is 0 Å². The van der Waals surface area contributed by atoms with Gasteiger partial charge in [0.2, 0.25) is 5.91 Å². The van der Waals surface area contributed by atoms with Crippen LogP contribution in [-0.4, -0.2) is 25.6 Å². The number of benzene rings is 2. The highest BCUT2D eigenvalue weighted by Gasteiger charge is 2.08. The molecule has 0 radical (unpaired) electrons. The molecule has 0 unspecified atom stereocenters. The van der Waals surface area contributed by atoms with Crippen molar-refractivity contribution in [1.82, 2.24) is 5.32 Å². The number of carbonyl (C=O) groups is 2. The number of nitrogens with one attached hydrogen (secondary N) is 3. The SMILES string of the molecule is COc1ccc(NC(=O)CNC(=O)Nc2ccc(Cl)cc2Cl)cc1. The molecule has 0 spiro atoms. The quantitative estimate of drug-likeness (QED) is 0.752. The molecular formula is C16H15Cl2N3O3. The van der Waals surface area contributed by atoms with Crippen LogP contribution >= 0.6 is 23.2 Å². The Morgan fingerprint density at radius 1 is 1.04 bits per heavy atom. The molecule has 3 amide bonds. The predicted molar refractivity (Wildman–Crippen MR) is 95.1 cm³/mol. The average molecular weight is 368 g/mol. The number of carbonyl (C=O) groups excluding carboxylic acids is 2. The van der Waals surface area contributed by atoms with Crippen LogP contribution in [0.2, 0.25) is 10.0 Å². The smallest absolute Gasteiger partial charge is 0.319 e. The summed E-state index contributed by atoms with van der Waals surface area (Å²) in [6, 6.07) is 11.0. The third-order valence-electron chi connectivity index (χ3n) is 2.96. The predicted octanol–water partition coefficient (Wildman–Crippen LogP) is 3.76. The number of rotatable bonds is 5. The van der Waals surface area contributed by atoms with Gasteiger partial charge in [0.05, 0.1) is 24.4 Å². The lowest BCUT2D eigenvalue weighted by Crippen LogP contribution is -2.35. The minimum atomic E-state index is -0.552. The molecule has 0 aromatic heterocycles. The van der Waals surface area contributed by atoms with Crippen LogP contribution in [0.1, 0.15) is 0 Å². The van der Waals surface area contributed by atoms with E-state index >= 15 is 0 Å². The highest BCUT2D eigenvalue weighted by atomic mass is 35.5. The minimum Gasteiger partial charge on any atom is -0.497 e. The Morgan fingerprint density at radius 2 is 1.75 bits per heavy atom. The van der Waals surface area contributed by atoms with E-state index < -0.39 is 6.03 Å². The first-order chi connectivity index (χ1) is 11.5. The fraction of sp³-hybridized carbons (Fsp3) is 0.125. The molecule has 3 N–H and O–H groups in total. The average Bonchev–Trinajstić information content (AvgIpc) is 2.56. The molecule has 2 rings (SSSR count). The lowest BCUT2D eigenvalue weighted by Gasteiger charge is -2.10. The molecule has 0 aliphatic rings. The van der Waals surface area contributed by atoms with Gasteiger partial charge >= 0.3 is 6.03 Å². The van der Waals surface area contributed by atoms with Crippen molar-refractivity contribution in [2.24, 2.45) is 0 Å². The monoisotopic (exact) mass is 367 g/mol. The van der Waals surface area contributed by atoms with Crippen LogP contribution < -0.4 is 20.7 Å². The van der Waals surface area contributed by atoms with Gasteiger partial charge in [-0.2, -0.15) is 0 Å². The lowest BCUT2D eigenvalue weighted by atomic mass is 10.3. The molecule has 8 heteroatoms. The van der Waals surface area contributed by atoms with E-state index in [-0.39, 0.29) is 12.5 Å². The first kappa shape index (κ1) is 17.9. The summed E-state index contributed by atoms with van der Waals surface area (Å²) in [5, 5.41) is 8.39. The van der Waals surface area contributed by atoms with Gasteiger partial charge in [-0.1, -0.05) is 23.2 Å². The van der Waals surface area contributed by atoms with Gasteiger partial charge < -0.3 is 20.7 Å². The summed E-state index contributed by atoms with van der Waals surface area (Å²) in [6.07, 6.45) is 0. The largest absolute Gasteiger partial charge is 0.497 e. The molecule has 24 heavy (non-hydrogen) atoms. The van der Waals surface area contributed by atoms with Crippen LogP contribution in [0, 0.1) is 0 Å². The van der Waals surface area contributed by atoms with Gasteiger partial charge in [0.15, 0.2) is 0 Å². The third-order valence-corrected chi connectivity index (χ3v) is 3.51. The molecule has 0 saturated carbocycles. The normalized spacial score (nSPS) is 9.96. The minimum absolute atomic E-state index is 0.191. The van der Waals surface area contributed by atoms with E-state index in [1.807, 2.05) is 0 Å². The van der Waals surface area contributed by atoms with E-state index in [0.717, 1.165) is 0 Å². The summed E-state index contributed by atoms with van der Waals surface area (Å²) >= 11 is 11.7. The standard InChI is InChI=1S/C16H15Cl2N3O3/c1-24-12-5-3-11(4-6-12)20-15(22)9-19-16(23)21-14-7-2-10(17)8-13(14)18/h2-8H,9H2,1H3,(H,20,22)(H2,19,21,23). The molecule has 0 aliphatic carbocycles. The molecule has 0 bridgehead atoms. The van der Waals surface area contributed by atoms with Gasteiger partial charge in [0, 0.05) is 10.7 Å². The zero-order valence-corrected chi connectivity index (χ0v) is 14.2. The summed E-state index contributed by atoms with van der Waals surface area (Å²) in [7, 11) is 1.56. The van der Waals surface area contributed by atoms with Crippen molar-refractivity contribution in [1.29, 1.82) is 0 Å².